The molecule has 2 aromatic rings. The molecule has 1 unspecified atom stereocenters. The van der Waals surface area contributed by atoms with Crippen molar-refractivity contribution in [1.29, 1.82) is 0 Å². The van der Waals surface area contributed by atoms with Crippen LogP contribution in [0.4, 0.5) is 11.5 Å². The fraction of sp³-hybridized carbons (Fsp3) is 0.450. The third-order valence-corrected chi connectivity index (χ3v) is 5.45. The average molecular weight is 350 g/mol. The van der Waals surface area contributed by atoms with E-state index in [9.17, 15) is 4.79 Å². The number of para-hydroxylation sites is 1. The minimum absolute atomic E-state index is 0.00834. The van der Waals surface area contributed by atoms with Crippen molar-refractivity contribution in [2.24, 2.45) is 5.92 Å². The molecule has 1 aromatic carbocycles. The molecular formula is C20H22N4O2. The molecule has 2 aliphatic heterocycles. The van der Waals surface area contributed by atoms with E-state index in [2.05, 4.69) is 33.1 Å². The lowest BCUT2D eigenvalue weighted by Gasteiger charge is -2.22. The van der Waals surface area contributed by atoms with Gasteiger partial charge in [0.1, 0.15) is 6.10 Å². The average Bonchev–Trinajstić information content (AvgIpc) is 3.27. The number of benzene rings is 1. The number of rotatable bonds is 4. The molecule has 0 bridgehead atoms. The van der Waals surface area contributed by atoms with E-state index >= 15 is 0 Å². The molecule has 1 atom stereocenters. The monoisotopic (exact) mass is 350 g/mol. The predicted molar refractivity (Wildman–Crippen MR) is 97.5 cm³/mol. The Hall–Kier alpha value is -2.63. The molecule has 0 N–H and O–H groups in total. The van der Waals surface area contributed by atoms with Crippen LogP contribution in [0.3, 0.4) is 0 Å². The van der Waals surface area contributed by atoms with Crippen molar-refractivity contribution >= 4 is 17.4 Å². The van der Waals surface area contributed by atoms with Crippen LogP contribution in [0.2, 0.25) is 0 Å². The summed E-state index contributed by atoms with van der Waals surface area (Å²) in [4.78, 5) is 25.4. The summed E-state index contributed by atoms with van der Waals surface area (Å²) in [6.07, 6.45) is 7.31. The molecule has 6 heteroatoms. The number of ether oxygens (including phenoxy) is 1. The van der Waals surface area contributed by atoms with Crippen molar-refractivity contribution < 1.29 is 9.53 Å². The predicted octanol–water partition coefficient (Wildman–Crippen LogP) is 2.56. The van der Waals surface area contributed by atoms with Gasteiger partial charge in [-0.25, -0.2) is 9.97 Å². The van der Waals surface area contributed by atoms with Gasteiger partial charge in [0.05, 0.1) is 6.54 Å². The van der Waals surface area contributed by atoms with Crippen molar-refractivity contribution in [3.05, 3.63) is 42.2 Å². The Morgan fingerprint density at radius 1 is 1.08 bits per heavy atom. The first kappa shape index (κ1) is 15.6. The Kier molecular flexibility index (Phi) is 3.76. The van der Waals surface area contributed by atoms with E-state index in [-0.39, 0.29) is 12.0 Å². The number of carbonyl (C=O) groups is 1. The molecule has 6 nitrogen and oxygen atoms in total. The Morgan fingerprint density at radius 3 is 2.81 bits per heavy atom. The molecule has 0 spiro atoms. The van der Waals surface area contributed by atoms with Gasteiger partial charge >= 0.3 is 0 Å². The van der Waals surface area contributed by atoms with Crippen molar-refractivity contribution in [3.63, 3.8) is 0 Å². The highest BCUT2D eigenvalue weighted by atomic mass is 16.5. The molecular weight excluding hydrogens is 328 g/mol. The van der Waals surface area contributed by atoms with E-state index in [1.54, 1.807) is 12.4 Å². The zero-order chi connectivity index (χ0) is 17.5. The van der Waals surface area contributed by atoms with Crippen molar-refractivity contribution in [2.45, 2.75) is 31.8 Å². The van der Waals surface area contributed by atoms with Crippen LogP contribution in [0.1, 0.15) is 24.8 Å². The lowest BCUT2D eigenvalue weighted by atomic mass is 10.2. The second-order valence-corrected chi connectivity index (χ2v) is 7.30. The minimum Gasteiger partial charge on any atom is -0.470 e. The fourth-order valence-electron chi connectivity index (χ4n) is 3.92. The van der Waals surface area contributed by atoms with Gasteiger partial charge in [-0.2, -0.15) is 0 Å². The van der Waals surface area contributed by atoms with Gasteiger partial charge in [0, 0.05) is 43.5 Å². The quantitative estimate of drug-likeness (QED) is 0.848. The lowest BCUT2D eigenvalue weighted by Crippen LogP contribution is -2.32. The summed E-state index contributed by atoms with van der Waals surface area (Å²) in [7, 11) is 0. The van der Waals surface area contributed by atoms with E-state index < -0.39 is 0 Å². The largest absolute Gasteiger partial charge is 0.470 e. The van der Waals surface area contributed by atoms with Crippen LogP contribution in [0, 0.1) is 5.92 Å². The summed E-state index contributed by atoms with van der Waals surface area (Å²) in [5.41, 5.74) is 2.50. The summed E-state index contributed by atoms with van der Waals surface area (Å²) in [5.74, 6) is 1.89. The second kappa shape index (κ2) is 6.27. The van der Waals surface area contributed by atoms with Crippen LogP contribution >= 0.6 is 0 Å². The fourth-order valence-corrected chi connectivity index (χ4v) is 3.92. The van der Waals surface area contributed by atoms with Gasteiger partial charge in [-0.05, 0) is 30.9 Å². The molecule has 2 fully saturated rings. The highest BCUT2D eigenvalue weighted by Crippen LogP contribution is 2.38. The topological polar surface area (TPSA) is 58.6 Å². The Morgan fingerprint density at radius 2 is 1.92 bits per heavy atom. The molecule has 1 amide bonds. The van der Waals surface area contributed by atoms with Crippen LogP contribution < -0.4 is 9.64 Å². The van der Waals surface area contributed by atoms with E-state index in [0.717, 1.165) is 44.6 Å². The second-order valence-electron chi connectivity index (χ2n) is 7.30. The third kappa shape index (κ3) is 2.79. The highest BCUT2D eigenvalue weighted by molar-refractivity contribution is 5.81. The van der Waals surface area contributed by atoms with E-state index in [0.29, 0.717) is 18.3 Å². The molecule has 3 aliphatic rings. The Labute approximate surface area is 152 Å². The number of fused-ring (bicyclic) bond motifs is 1. The van der Waals surface area contributed by atoms with Crippen LogP contribution in [0.5, 0.6) is 5.88 Å². The molecule has 1 saturated carbocycles. The van der Waals surface area contributed by atoms with Gasteiger partial charge in [0.25, 0.3) is 5.88 Å². The molecule has 26 heavy (non-hydrogen) atoms. The number of amides is 1. The van der Waals surface area contributed by atoms with Gasteiger partial charge in [0.15, 0.2) is 5.82 Å². The van der Waals surface area contributed by atoms with Crippen LogP contribution in [0.25, 0.3) is 0 Å². The Bertz CT molecular complexity index is 836. The molecule has 134 valence electrons. The summed E-state index contributed by atoms with van der Waals surface area (Å²) in [6, 6.07) is 8.39. The van der Waals surface area contributed by atoms with Crippen LogP contribution in [0.15, 0.2) is 36.7 Å². The number of nitrogens with zero attached hydrogens (tertiary/aromatic N) is 4. The highest BCUT2D eigenvalue weighted by Gasteiger charge is 2.37. The first-order valence-electron chi connectivity index (χ1n) is 9.41. The van der Waals surface area contributed by atoms with Crippen molar-refractivity contribution in [1.82, 2.24) is 14.9 Å². The number of anilines is 2. The van der Waals surface area contributed by atoms with E-state index in [1.165, 1.54) is 11.3 Å². The van der Waals surface area contributed by atoms with Gasteiger partial charge < -0.3 is 14.5 Å². The van der Waals surface area contributed by atoms with Crippen LogP contribution in [-0.2, 0) is 11.2 Å². The number of aromatic nitrogens is 2. The number of likely N-dealkylation sites (tertiary alicyclic amines) is 1. The summed E-state index contributed by atoms with van der Waals surface area (Å²) in [5, 5.41) is 0. The number of hydrogen-bond acceptors (Lipinski definition) is 5. The minimum atomic E-state index is -0.00834. The first-order chi connectivity index (χ1) is 12.8. The number of carbonyl (C=O) groups excluding carboxylic acids is 1. The zero-order valence-electron chi connectivity index (χ0n) is 14.7. The first-order valence-corrected chi connectivity index (χ1v) is 9.41. The molecule has 5 rings (SSSR count). The SMILES string of the molecule is O=C(C1CC1)N1CCC(Oc2nccnc2N2CCc3ccccc32)C1. The standard InChI is InChI=1S/C20H22N4O2/c25-20(15-5-6-15)23-11-8-16(13-23)26-19-18(21-9-10-22-19)24-12-7-14-3-1-2-4-17(14)24/h1-4,9-10,15-16H,5-8,11-13H2. The van der Waals surface area contributed by atoms with Crippen molar-refractivity contribution in [2.75, 3.05) is 24.5 Å². The third-order valence-electron chi connectivity index (χ3n) is 5.45. The molecule has 1 aliphatic carbocycles. The van der Waals surface area contributed by atoms with E-state index in [1.807, 2.05) is 11.0 Å². The lowest BCUT2D eigenvalue weighted by molar-refractivity contribution is -0.131. The summed E-state index contributed by atoms with van der Waals surface area (Å²) < 4.78 is 6.21. The maximum atomic E-state index is 12.3. The molecule has 3 heterocycles. The van der Waals surface area contributed by atoms with Gasteiger partial charge in [-0.1, -0.05) is 18.2 Å². The summed E-state index contributed by atoms with van der Waals surface area (Å²) in [6.45, 7) is 2.31. The van der Waals surface area contributed by atoms with Gasteiger partial charge in [-0.15, -0.1) is 0 Å². The molecule has 1 aromatic heterocycles. The van der Waals surface area contributed by atoms with Gasteiger partial charge in [-0.3, -0.25) is 4.79 Å². The maximum Gasteiger partial charge on any atom is 0.258 e. The maximum absolute atomic E-state index is 12.3. The van der Waals surface area contributed by atoms with Crippen molar-refractivity contribution in [3.8, 4) is 5.88 Å². The number of hydrogen-bond donors (Lipinski definition) is 0. The molecule has 0 radical (unpaired) electrons. The normalized spacial score (nSPS) is 21.8. The van der Waals surface area contributed by atoms with Gasteiger partial charge in [0.2, 0.25) is 5.91 Å². The zero-order valence-corrected chi connectivity index (χ0v) is 14.7. The smallest absolute Gasteiger partial charge is 0.258 e. The summed E-state index contributed by atoms with van der Waals surface area (Å²) >= 11 is 0. The van der Waals surface area contributed by atoms with E-state index in [4.69, 9.17) is 4.74 Å². The molecule has 1 saturated heterocycles. The Balaban J connectivity index is 1.34. The van der Waals surface area contributed by atoms with Crippen LogP contribution in [-0.4, -0.2) is 46.5 Å².